The van der Waals surface area contributed by atoms with Gasteiger partial charge in [0.15, 0.2) is 5.69 Å². The van der Waals surface area contributed by atoms with Crippen molar-refractivity contribution in [2.24, 2.45) is 0 Å². The van der Waals surface area contributed by atoms with E-state index in [2.05, 4.69) is 15.0 Å². The van der Waals surface area contributed by atoms with Crippen LogP contribution in [0.25, 0.3) is 11.3 Å². The van der Waals surface area contributed by atoms with Crippen molar-refractivity contribution in [3.05, 3.63) is 36.3 Å². The second kappa shape index (κ2) is 4.83. The number of hydrogen-bond acceptors (Lipinski definition) is 4. The standard InChI is InChI=1S/C12H11F3N4/c1-19(2)11-17-9(8-3-5-16-6-4-8)7-10(18-11)12(13,14)15/h3-7H,1-2H3. The summed E-state index contributed by atoms with van der Waals surface area (Å²) in [4.78, 5) is 12.9. The summed E-state index contributed by atoms with van der Waals surface area (Å²) in [5, 5.41) is 0. The SMILES string of the molecule is CN(C)c1nc(-c2ccncc2)cc(C(F)(F)F)n1. The smallest absolute Gasteiger partial charge is 0.347 e. The Bertz CT molecular complexity index is 567. The molecule has 19 heavy (non-hydrogen) atoms. The fourth-order valence-corrected chi connectivity index (χ4v) is 1.45. The maximum atomic E-state index is 12.8. The fraction of sp³-hybridized carbons (Fsp3) is 0.250. The number of alkyl halides is 3. The lowest BCUT2D eigenvalue weighted by molar-refractivity contribution is -0.141. The minimum Gasteiger partial charge on any atom is -0.347 e. The first-order chi connectivity index (χ1) is 8.88. The largest absolute Gasteiger partial charge is 0.433 e. The third kappa shape index (κ3) is 2.98. The lowest BCUT2D eigenvalue weighted by Crippen LogP contribution is -2.17. The topological polar surface area (TPSA) is 41.9 Å². The van der Waals surface area contributed by atoms with E-state index in [-0.39, 0.29) is 11.6 Å². The van der Waals surface area contributed by atoms with Crippen molar-refractivity contribution in [3.8, 4) is 11.3 Å². The van der Waals surface area contributed by atoms with Crippen LogP contribution in [0.4, 0.5) is 19.1 Å². The Hall–Kier alpha value is -2.18. The second-order valence-electron chi connectivity index (χ2n) is 4.07. The van der Waals surface area contributed by atoms with E-state index in [0.29, 0.717) is 5.56 Å². The average Bonchev–Trinajstić information content (AvgIpc) is 2.38. The zero-order valence-electron chi connectivity index (χ0n) is 10.3. The van der Waals surface area contributed by atoms with Crippen molar-refractivity contribution in [3.63, 3.8) is 0 Å². The van der Waals surface area contributed by atoms with Crippen LogP contribution >= 0.6 is 0 Å². The zero-order valence-corrected chi connectivity index (χ0v) is 10.3. The van der Waals surface area contributed by atoms with Crippen molar-refractivity contribution in [2.75, 3.05) is 19.0 Å². The Kier molecular flexibility index (Phi) is 3.37. The molecule has 0 atom stereocenters. The monoisotopic (exact) mass is 268 g/mol. The molecule has 0 saturated carbocycles. The van der Waals surface area contributed by atoms with E-state index >= 15 is 0 Å². The summed E-state index contributed by atoms with van der Waals surface area (Å²) in [6, 6.07) is 4.13. The van der Waals surface area contributed by atoms with E-state index in [1.807, 2.05) is 0 Å². The van der Waals surface area contributed by atoms with Crippen LogP contribution in [0.3, 0.4) is 0 Å². The van der Waals surface area contributed by atoms with Gasteiger partial charge in [-0.2, -0.15) is 13.2 Å². The third-order valence-corrected chi connectivity index (χ3v) is 2.38. The molecule has 0 aliphatic carbocycles. The summed E-state index contributed by atoms with van der Waals surface area (Å²) in [7, 11) is 3.18. The zero-order chi connectivity index (χ0) is 14.0. The van der Waals surface area contributed by atoms with Gasteiger partial charge in [0.05, 0.1) is 5.69 Å². The Balaban J connectivity index is 2.59. The fourth-order valence-electron chi connectivity index (χ4n) is 1.45. The summed E-state index contributed by atoms with van der Waals surface area (Å²) >= 11 is 0. The summed E-state index contributed by atoms with van der Waals surface area (Å²) < 4.78 is 38.4. The van der Waals surface area contributed by atoms with Crippen LogP contribution in [0.5, 0.6) is 0 Å². The average molecular weight is 268 g/mol. The number of rotatable bonds is 2. The van der Waals surface area contributed by atoms with Gasteiger partial charge in [-0.25, -0.2) is 9.97 Å². The Morgan fingerprint density at radius 3 is 2.21 bits per heavy atom. The number of aromatic nitrogens is 3. The molecule has 100 valence electrons. The maximum absolute atomic E-state index is 12.8. The molecule has 0 N–H and O–H groups in total. The van der Waals surface area contributed by atoms with E-state index in [9.17, 15) is 13.2 Å². The molecule has 7 heteroatoms. The molecule has 0 spiro atoms. The van der Waals surface area contributed by atoms with Gasteiger partial charge < -0.3 is 4.90 Å². The number of anilines is 1. The Morgan fingerprint density at radius 2 is 1.68 bits per heavy atom. The van der Waals surface area contributed by atoms with Gasteiger partial charge >= 0.3 is 6.18 Å². The number of hydrogen-bond donors (Lipinski definition) is 0. The van der Waals surface area contributed by atoms with Crippen molar-refractivity contribution in [1.29, 1.82) is 0 Å². The molecule has 0 saturated heterocycles. The van der Waals surface area contributed by atoms with Crippen LogP contribution in [0.1, 0.15) is 5.69 Å². The van der Waals surface area contributed by atoms with Crippen LogP contribution in [-0.4, -0.2) is 29.0 Å². The molecule has 0 unspecified atom stereocenters. The third-order valence-electron chi connectivity index (χ3n) is 2.38. The van der Waals surface area contributed by atoms with E-state index in [0.717, 1.165) is 6.07 Å². The van der Waals surface area contributed by atoms with Crippen LogP contribution in [0, 0.1) is 0 Å². The Labute approximate surface area is 107 Å². The lowest BCUT2D eigenvalue weighted by Gasteiger charge is -2.14. The molecule has 2 aromatic heterocycles. The van der Waals surface area contributed by atoms with Gasteiger partial charge in [0.1, 0.15) is 0 Å². The molecule has 0 radical (unpaired) electrons. The van der Waals surface area contributed by atoms with Crippen molar-refractivity contribution < 1.29 is 13.2 Å². The maximum Gasteiger partial charge on any atom is 0.433 e. The van der Waals surface area contributed by atoms with E-state index in [1.165, 1.54) is 17.3 Å². The molecule has 4 nitrogen and oxygen atoms in total. The van der Waals surface area contributed by atoms with Gasteiger partial charge in [0.2, 0.25) is 5.95 Å². The highest BCUT2D eigenvalue weighted by molar-refractivity contribution is 5.60. The van der Waals surface area contributed by atoms with Crippen molar-refractivity contribution in [2.45, 2.75) is 6.18 Å². The van der Waals surface area contributed by atoms with Crippen LogP contribution < -0.4 is 4.90 Å². The molecule has 0 aliphatic rings. The number of pyridine rings is 1. The molecular weight excluding hydrogens is 257 g/mol. The van der Waals surface area contributed by atoms with Gasteiger partial charge in [0.25, 0.3) is 0 Å². The predicted octanol–water partition coefficient (Wildman–Crippen LogP) is 2.62. The van der Waals surface area contributed by atoms with Crippen LogP contribution in [-0.2, 0) is 6.18 Å². The number of nitrogens with zero attached hydrogens (tertiary/aromatic N) is 4. The molecule has 0 amide bonds. The molecule has 0 bridgehead atoms. The molecule has 0 aliphatic heterocycles. The van der Waals surface area contributed by atoms with Crippen molar-refractivity contribution >= 4 is 5.95 Å². The van der Waals surface area contributed by atoms with E-state index in [4.69, 9.17) is 0 Å². The minimum atomic E-state index is -4.50. The quantitative estimate of drug-likeness (QED) is 0.839. The van der Waals surface area contributed by atoms with Gasteiger partial charge in [-0.1, -0.05) is 0 Å². The van der Waals surface area contributed by atoms with Crippen molar-refractivity contribution in [1.82, 2.24) is 15.0 Å². The summed E-state index contributed by atoms with van der Waals surface area (Å²) in [6.07, 6.45) is -1.50. The van der Waals surface area contributed by atoms with Crippen LogP contribution in [0.2, 0.25) is 0 Å². The van der Waals surface area contributed by atoms with Gasteiger partial charge in [0, 0.05) is 32.1 Å². The first-order valence-corrected chi connectivity index (χ1v) is 5.42. The molecule has 0 fully saturated rings. The molecular formula is C12H11F3N4. The van der Waals surface area contributed by atoms with Gasteiger partial charge in [-0.05, 0) is 18.2 Å². The van der Waals surface area contributed by atoms with E-state index < -0.39 is 11.9 Å². The van der Waals surface area contributed by atoms with Gasteiger partial charge in [-0.3, -0.25) is 4.98 Å². The Morgan fingerprint density at radius 1 is 1.05 bits per heavy atom. The summed E-state index contributed by atoms with van der Waals surface area (Å²) in [6.45, 7) is 0. The highest BCUT2D eigenvalue weighted by Gasteiger charge is 2.34. The predicted molar refractivity (Wildman–Crippen MR) is 64.6 cm³/mol. The summed E-state index contributed by atoms with van der Waals surface area (Å²) in [5.74, 6) is 0.0154. The molecule has 2 heterocycles. The second-order valence-corrected chi connectivity index (χ2v) is 4.07. The molecule has 2 aromatic rings. The summed E-state index contributed by atoms with van der Waals surface area (Å²) in [5.41, 5.74) is -0.183. The lowest BCUT2D eigenvalue weighted by atomic mass is 10.1. The first-order valence-electron chi connectivity index (χ1n) is 5.42. The van der Waals surface area contributed by atoms with Crippen LogP contribution in [0.15, 0.2) is 30.6 Å². The molecule has 2 rings (SSSR count). The normalized spacial score (nSPS) is 11.4. The van der Waals surface area contributed by atoms with E-state index in [1.54, 1.807) is 26.2 Å². The molecule has 0 aromatic carbocycles. The van der Waals surface area contributed by atoms with Gasteiger partial charge in [-0.15, -0.1) is 0 Å². The highest BCUT2D eigenvalue weighted by atomic mass is 19.4. The minimum absolute atomic E-state index is 0.0154. The highest BCUT2D eigenvalue weighted by Crippen LogP contribution is 2.31. The number of halogens is 3. The first kappa shape index (κ1) is 13.3.